The monoisotopic (exact) mass is 254 g/mol. The zero-order chi connectivity index (χ0) is 12.7. The molecule has 0 aliphatic carbocycles. The minimum Gasteiger partial charge on any atom is -0.443 e. The van der Waals surface area contributed by atoms with Crippen molar-refractivity contribution in [2.24, 2.45) is 0 Å². The van der Waals surface area contributed by atoms with Gasteiger partial charge in [0.1, 0.15) is 5.75 Å². The molecule has 0 spiro atoms. The summed E-state index contributed by atoms with van der Waals surface area (Å²) >= 11 is 0. The highest BCUT2D eigenvalue weighted by Gasteiger charge is 2.22. The van der Waals surface area contributed by atoms with Crippen LogP contribution in [-0.2, 0) is 4.57 Å². The zero-order valence-corrected chi connectivity index (χ0v) is 12.0. The van der Waals surface area contributed by atoms with Crippen molar-refractivity contribution in [3.05, 3.63) is 29.8 Å². The maximum Gasteiger partial charge on any atom is 0.247 e. The Kier molecular flexibility index (Phi) is 5.77. The number of benzene rings is 1. The van der Waals surface area contributed by atoms with Gasteiger partial charge in [-0.3, -0.25) is 4.57 Å². The summed E-state index contributed by atoms with van der Waals surface area (Å²) in [6.45, 7) is 6.20. The van der Waals surface area contributed by atoms with Gasteiger partial charge in [-0.2, -0.15) is 0 Å². The molecule has 0 saturated heterocycles. The Hall–Kier alpha value is -0.750. The van der Waals surface area contributed by atoms with Crippen molar-refractivity contribution < 1.29 is 9.09 Å². The van der Waals surface area contributed by atoms with Crippen LogP contribution in [0.25, 0.3) is 0 Å². The Labute approximate surface area is 105 Å². The van der Waals surface area contributed by atoms with Crippen LogP contribution in [0.5, 0.6) is 5.75 Å². The quantitative estimate of drug-likeness (QED) is 0.649. The molecular formula is C14H23O2P. The summed E-state index contributed by atoms with van der Waals surface area (Å²) in [5, 5.41) is 0. The molecule has 1 aromatic carbocycles. The Bertz CT molecular complexity index is 370. The van der Waals surface area contributed by atoms with E-state index < -0.39 is 7.37 Å². The van der Waals surface area contributed by atoms with E-state index in [9.17, 15) is 4.57 Å². The maximum absolute atomic E-state index is 12.6. The summed E-state index contributed by atoms with van der Waals surface area (Å²) in [6, 6.07) is 7.80. The van der Waals surface area contributed by atoms with E-state index in [0.29, 0.717) is 12.3 Å². The van der Waals surface area contributed by atoms with Crippen LogP contribution in [0.15, 0.2) is 24.3 Å². The summed E-state index contributed by atoms with van der Waals surface area (Å²) in [6.07, 6.45) is 4.33. The molecule has 96 valence electrons. The van der Waals surface area contributed by atoms with Gasteiger partial charge in [0.15, 0.2) is 0 Å². The van der Waals surface area contributed by atoms with Crippen LogP contribution in [0.3, 0.4) is 0 Å². The molecule has 17 heavy (non-hydrogen) atoms. The first kappa shape index (κ1) is 14.3. The number of hydrogen-bond donors (Lipinski definition) is 0. The number of rotatable bonds is 7. The van der Waals surface area contributed by atoms with Crippen LogP contribution in [0, 0.1) is 6.92 Å². The highest BCUT2D eigenvalue weighted by atomic mass is 31.2. The van der Waals surface area contributed by atoms with Crippen molar-refractivity contribution in [1.82, 2.24) is 0 Å². The summed E-state index contributed by atoms with van der Waals surface area (Å²) in [7, 11) is -2.47. The molecule has 0 aliphatic rings. The summed E-state index contributed by atoms with van der Waals surface area (Å²) in [4.78, 5) is 0. The average Bonchev–Trinajstić information content (AvgIpc) is 2.30. The van der Waals surface area contributed by atoms with Crippen molar-refractivity contribution in [3.63, 3.8) is 0 Å². The Balaban J connectivity index is 2.71. The van der Waals surface area contributed by atoms with Gasteiger partial charge in [-0.15, -0.1) is 0 Å². The molecule has 3 heteroatoms. The normalized spacial score (nSPS) is 14.3. The molecule has 0 heterocycles. The third-order valence-electron chi connectivity index (χ3n) is 2.71. The predicted molar refractivity (Wildman–Crippen MR) is 74.3 cm³/mol. The third-order valence-corrected chi connectivity index (χ3v) is 5.38. The van der Waals surface area contributed by atoms with Crippen LogP contribution in [0.2, 0.25) is 0 Å². The topological polar surface area (TPSA) is 26.3 Å². The van der Waals surface area contributed by atoms with E-state index in [2.05, 4.69) is 13.8 Å². The molecule has 1 aromatic rings. The molecule has 0 bridgehead atoms. The van der Waals surface area contributed by atoms with Gasteiger partial charge in [0.05, 0.1) is 0 Å². The number of aryl methyl sites for hydroxylation is 1. The molecule has 1 unspecified atom stereocenters. The average molecular weight is 254 g/mol. The van der Waals surface area contributed by atoms with E-state index in [-0.39, 0.29) is 0 Å². The van der Waals surface area contributed by atoms with E-state index in [1.165, 1.54) is 5.56 Å². The van der Waals surface area contributed by atoms with Gasteiger partial charge in [0.2, 0.25) is 7.37 Å². The second-order valence-corrected chi connectivity index (χ2v) is 7.23. The van der Waals surface area contributed by atoms with Gasteiger partial charge < -0.3 is 4.52 Å². The van der Waals surface area contributed by atoms with Crippen LogP contribution in [-0.4, -0.2) is 12.3 Å². The molecule has 2 nitrogen and oxygen atoms in total. The first-order valence-corrected chi connectivity index (χ1v) is 8.43. The molecule has 0 amide bonds. The fourth-order valence-electron chi connectivity index (χ4n) is 1.73. The summed E-state index contributed by atoms with van der Waals surface area (Å²) < 4.78 is 18.4. The Morgan fingerprint density at radius 3 is 2.24 bits per heavy atom. The van der Waals surface area contributed by atoms with E-state index >= 15 is 0 Å². The van der Waals surface area contributed by atoms with Gasteiger partial charge in [-0.05, 0) is 31.9 Å². The lowest BCUT2D eigenvalue weighted by Crippen LogP contribution is -2.02. The van der Waals surface area contributed by atoms with Gasteiger partial charge in [0.25, 0.3) is 0 Å². The highest BCUT2D eigenvalue weighted by Crippen LogP contribution is 2.48. The van der Waals surface area contributed by atoms with Crippen molar-refractivity contribution >= 4 is 7.37 Å². The van der Waals surface area contributed by atoms with Crippen LogP contribution < -0.4 is 4.52 Å². The van der Waals surface area contributed by atoms with Crippen molar-refractivity contribution in [2.45, 2.75) is 40.0 Å². The number of unbranched alkanes of at least 4 members (excludes halogenated alkanes) is 1. The predicted octanol–water partition coefficient (Wildman–Crippen LogP) is 4.86. The van der Waals surface area contributed by atoms with Crippen LogP contribution in [0.4, 0.5) is 0 Å². The Morgan fingerprint density at radius 1 is 1.06 bits per heavy atom. The van der Waals surface area contributed by atoms with E-state index in [0.717, 1.165) is 25.0 Å². The lowest BCUT2D eigenvalue weighted by atomic mass is 10.2. The molecule has 0 saturated carbocycles. The van der Waals surface area contributed by atoms with Crippen LogP contribution in [0.1, 0.15) is 38.7 Å². The molecule has 0 aromatic heterocycles. The van der Waals surface area contributed by atoms with Gasteiger partial charge >= 0.3 is 0 Å². The molecule has 0 radical (unpaired) electrons. The lowest BCUT2D eigenvalue weighted by Gasteiger charge is -2.19. The lowest BCUT2D eigenvalue weighted by molar-refractivity contribution is 0.477. The highest BCUT2D eigenvalue weighted by molar-refractivity contribution is 7.59. The summed E-state index contributed by atoms with van der Waals surface area (Å²) in [5.74, 6) is 0.739. The maximum atomic E-state index is 12.6. The zero-order valence-electron chi connectivity index (χ0n) is 11.1. The minimum absolute atomic E-state index is 0.681. The first-order chi connectivity index (χ1) is 8.09. The van der Waals surface area contributed by atoms with Crippen molar-refractivity contribution in [2.75, 3.05) is 12.3 Å². The fraction of sp³-hybridized carbons (Fsp3) is 0.571. The van der Waals surface area contributed by atoms with Crippen molar-refractivity contribution in [3.8, 4) is 5.75 Å². The van der Waals surface area contributed by atoms with Crippen molar-refractivity contribution in [1.29, 1.82) is 0 Å². The standard InChI is InChI=1S/C14H23O2P/c1-4-6-12-17(15,11-5-2)16-14-9-7-13(3)8-10-14/h7-10H,4-6,11-12H2,1-3H3. The van der Waals surface area contributed by atoms with Gasteiger partial charge in [0, 0.05) is 12.3 Å². The van der Waals surface area contributed by atoms with Gasteiger partial charge in [-0.1, -0.05) is 38.0 Å². The van der Waals surface area contributed by atoms with E-state index in [1.54, 1.807) is 0 Å². The second-order valence-electron chi connectivity index (χ2n) is 4.52. The van der Waals surface area contributed by atoms with E-state index in [1.807, 2.05) is 31.2 Å². The van der Waals surface area contributed by atoms with Gasteiger partial charge in [-0.25, -0.2) is 0 Å². The smallest absolute Gasteiger partial charge is 0.247 e. The number of hydrogen-bond acceptors (Lipinski definition) is 2. The third kappa shape index (κ3) is 4.95. The minimum atomic E-state index is -2.47. The first-order valence-electron chi connectivity index (χ1n) is 6.44. The molecule has 0 fully saturated rings. The second kappa shape index (κ2) is 6.86. The molecule has 1 atom stereocenters. The molecule has 0 aliphatic heterocycles. The molecule has 0 N–H and O–H groups in total. The molecular weight excluding hydrogens is 231 g/mol. The largest absolute Gasteiger partial charge is 0.443 e. The fourth-order valence-corrected chi connectivity index (χ4v) is 4.13. The summed E-state index contributed by atoms with van der Waals surface area (Å²) in [5.41, 5.74) is 1.19. The SMILES string of the molecule is CCCCP(=O)(CCC)Oc1ccc(C)cc1. The molecule has 1 rings (SSSR count). The Morgan fingerprint density at radius 2 is 1.71 bits per heavy atom. The van der Waals surface area contributed by atoms with E-state index in [4.69, 9.17) is 4.52 Å². The van der Waals surface area contributed by atoms with Crippen LogP contribution >= 0.6 is 7.37 Å².